The van der Waals surface area contributed by atoms with Gasteiger partial charge >= 0.3 is 0 Å². The monoisotopic (exact) mass is 326 g/mol. The van der Waals surface area contributed by atoms with Crippen LogP contribution < -0.4 is 5.32 Å². The van der Waals surface area contributed by atoms with Gasteiger partial charge in [-0.25, -0.2) is 4.39 Å². The van der Waals surface area contributed by atoms with Gasteiger partial charge in [0.25, 0.3) is 5.91 Å². The molecule has 0 aliphatic heterocycles. The second-order valence-corrected chi connectivity index (χ2v) is 4.45. The molecule has 1 aromatic carbocycles. The molecule has 0 heterocycles. The summed E-state index contributed by atoms with van der Waals surface area (Å²) in [5, 5.41) is 11.5. The smallest absolute Gasteiger partial charge is 0.262 e. The Morgan fingerprint density at radius 1 is 1.63 bits per heavy atom. The molecule has 0 unspecified atom stereocenters. The molecule has 0 bridgehead atoms. The van der Waals surface area contributed by atoms with Gasteiger partial charge in [-0.3, -0.25) is 4.79 Å². The van der Waals surface area contributed by atoms with Gasteiger partial charge in [-0.05, 0) is 39.7 Å². The van der Waals surface area contributed by atoms with Crippen molar-refractivity contribution >= 4 is 27.9 Å². The number of halogens is 2. The highest BCUT2D eigenvalue weighted by atomic mass is 79.9. The number of nitrogens with zero attached hydrogens (tertiary/aromatic N) is 1. The van der Waals surface area contributed by atoms with Crippen molar-refractivity contribution in [1.82, 2.24) is 5.32 Å². The minimum atomic E-state index is -0.486. The molecule has 0 radical (unpaired) electrons. The first-order valence-corrected chi connectivity index (χ1v) is 6.21. The zero-order valence-electron chi connectivity index (χ0n) is 10.2. The van der Waals surface area contributed by atoms with Crippen LogP contribution in [0.15, 0.2) is 28.2 Å². The number of ether oxygens (including phenoxy) is 1. The van der Waals surface area contributed by atoms with Crippen molar-refractivity contribution in [3.8, 4) is 6.07 Å². The van der Waals surface area contributed by atoms with E-state index in [1.165, 1.54) is 31.4 Å². The third kappa shape index (κ3) is 4.81. The molecule has 1 N–H and O–H groups in total. The first kappa shape index (κ1) is 15.3. The predicted octanol–water partition coefficient (Wildman–Crippen LogP) is 2.26. The second-order valence-electron chi connectivity index (χ2n) is 3.59. The van der Waals surface area contributed by atoms with Crippen molar-refractivity contribution in [3.63, 3.8) is 0 Å². The quantitative estimate of drug-likeness (QED) is 0.513. The average molecular weight is 327 g/mol. The average Bonchev–Trinajstić information content (AvgIpc) is 2.40. The molecule has 0 saturated heterocycles. The van der Waals surface area contributed by atoms with Crippen LogP contribution in [0.4, 0.5) is 4.39 Å². The molecule has 6 heteroatoms. The van der Waals surface area contributed by atoms with E-state index in [4.69, 9.17) is 10.00 Å². The molecule has 0 fully saturated rings. The first-order chi connectivity index (χ1) is 9.08. The summed E-state index contributed by atoms with van der Waals surface area (Å²) in [5.41, 5.74) is 0.515. The summed E-state index contributed by atoms with van der Waals surface area (Å²) in [4.78, 5) is 11.7. The highest BCUT2D eigenvalue weighted by Gasteiger charge is 2.08. The normalized spacial score (nSPS) is 10.9. The van der Waals surface area contributed by atoms with Gasteiger partial charge in [0.05, 0.1) is 11.1 Å². The highest BCUT2D eigenvalue weighted by Crippen LogP contribution is 2.18. The van der Waals surface area contributed by atoms with Crippen LogP contribution in [0.25, 0.3) is 6.08 Å². The lowest BCUT2D eigenvalue weighted by molar-refractivity contribution is -0.117. The molecule has 1 amide bonds. The number of nitrogens with one attached hydrogen (secondary N) is 1. The third-order valence-corrected chi connectivity index (χ3v) is 2.82. The van der Waals surface area contributed by atoms with Crippen LogP contribution in [0.1, 0.15) is 5.56 Å². The minimum Gasteiger partial charge on any atom is -0.383 e. The second kappa shape index (κ2) is 7.67. The molecule has 100 valence electrons. The Kier molecular flexibility index (Phi) is 6.19. The topological polar surface area (TPSA) is 62.1 Å². The molecule has 1 aromatic rings. The Labute approximate surface area is 119 Å². The van der Waals surface area contributed by atoms with Gasteiger partial charge < -0.3 is 10.1 Å². The Balaban J connectivity index is 2.84. The highest BCUT2D eigenvalue weighted by molar-refractivity contribution is 9.10. The van der Waals surface area contributed by atoms with Crippen LogP contribution in [0, 0.1) is 17.1 Å². The number of rotatable bonds is 5. The van der Waals surface area contributed by atoms with Crippen molar-refractivity contribution in [1.29, 1.82) is 5.26 Å². The predicted molar refractivity (Wildman–Crippen MR) is 72.6 cm³/mol. The minimum absolute atomic E-state index is 0.0467. The molecule has 0 aliphatic rings. The van der Waals surface area contributed by atoms with E-state index >= 15 is 0 Å². The van der Waals surface area contributed by atoms with Crippen LogP contribution in [0.5, 0.6) is 0 Å². The summed E-state index contributed by atoms with van der Waals surface area (Å²) in [7, 11) is 1.52. The van der Waals surface area contributed by atoms with Crippen molar-refractivity contribution < 1.29 is 13.9 Å². The zero-order valence-corrected chi connectivity index (χ0v) is 11.8. The lowest BCUT2D eigenvalue weighted by atomic mass is 10.1. The van der Waals surface area contributed by atoms with Crippen LogP contribution in [0.2, 0.25) is 0 Å². The SMILES string of the molecule is COCCNC(=O)/C(C#N)=C/c1ccc(F)c(Br)c1. The first-order valence-electron chi connectivity index (χ1n) is 5.42. The molecule has 0 saturated carbocycles. The fraction of sp³-hybridized carbons (Fsp3) is 0.231. The molecule has 1 rings (SSSR count). The Morgan fingerprint density at radius 2 is 2.37 bits per heavy atom. The lowest BCUT2D eigenvalue weighted by Gasteiger charge is -2.03. The van der Waals surface area contributed by atoms with Crippen LogP contribution in [-0.2, 0) is 9.53 Å². The van der Waals surface area contributed by atoms with Crippen molar-refractivity contribution in [2.75, 3.05) is 20.3 Å². The Bertz CT molecular complexity index is 538. The van der Waals surface area contributed by atoms with E-state index in [0.29, 0.717) is 18.7 Å². The maximum absolute atomic E-state index is 13.1. The van der Waals surface area contributed by atoms with Gasteiger partial charge in [-0.2, -0.15) is 5.26 Å². The third-order valence-electron chi connectivity index (χ3n) is 2.21. The maximum atomic E-state index is 13.1. The van der Waals surface area contributed by atoms with E-state index in [1.807, 2.05) is 6.07 Å². The van der Waals surface area contributed by atoms with Gasteiger partial charge in [0.1, 0.15) is 17.5 Å². The largest absolute Gasteiger partial charge is 0.383 e. The molecule has 0 aliphatic carbocycles. The number of amides is 1. The molecular weight excluding hydrogens is 315 g/mol. The summed E-state index contributed by atoms with van der Waals surface area (Å²) in [6.45, 7) is 0.689. The van der Waals surface area contributed by atoms with Crippen LogP contribution in [0.3, 0.4) is 0 Å². The standard InChI is InChI=1S/C13H12BrFN2O2/c1-19-5-4-17-13(18)10(8-16)6-9-2-3-12(15)11(14)7-9/h2-3,6-7H,4-5H2,1H3,(H,17,18)/b10-6+. The number of carbonyl (C=O) groups is 1. The van der Waals surface area contributed by atoms with Gasteiger partial charge in [0, 0.05) is 13.7 Å². The number of hydrogen-bond acceptors (Lipinski definition) is 3. The summed E-state index contributed by atoms with van der Waals surface area (Å²) in [5.74, 6) is -0.889. The van der Waals surface area contributed by atoms with Gasteiger partial charge in [-0.15, -0.1) is 0 Å². The van der Waals surface area contributed by atoms with E-state index < -0.39 is 11.7 Å². The Morgan fingerprint density at radius 3 is 2.95 bits per heavy atom. The molecule has 0 spiro atoms. The fourth-order valence-corrected chi connectivity index (χ4v) is 1.68. The van der Waals surface area contributed by atoms with E-state index in [1.54, 1.807) is 0 Å². The van der Waals surface area contributed by atoms with E-state index in [9.17, 15) is 9.18 Å². The lowest BCUT2D eigenvalue weighted by Crippen LogP contribution is -2.27. The van der Waals surface area contributed by atoms with E-state index in [0.717, 1.165) is 0 Å². The van der Waals surface area contributed by atoms with Crippen LogP contribution in [-0.4, -0.2) is 26.2 Å². The van der Waals surface area contributed by atoms with Gasteiger partial charge in [0.2, 0.25) is 0 Å². The number of carbonyl (C=O) groups excluding carboxylic acids is 1. The van der Waals surface area contributed by atoms with Crippen molar-refractivity contribution in [2.24, 2.45) is 0 Å². The molecule has 0 aromatic heterocycles. The summed E-state index contributed by atoms with van der Waals surface area (Å²) in [6.07, 6.45) is 1.40. The number of methoxy groups -OCH3 is 1. The van der Waals surface area contributed by atoms with Gasteiger partial charge in [-0.1, -0.05) is 6.07 Å². The number of hydrogen-bond donors (Lipinski definition) is 1. The summed E-state index contributed by atoms with van der Waals surface area (Å²) in [6, 6.07) is 6.05. The van der Waals surface area contributed by atoms with Crippen molar-refractivity contribution in [3.05, 3.63) is 39.6 Å². The molecule has 0 atom stereocenters. The maximum Gasteiger partial charge on any atom is 0.262 e. The van der Waals surface area contributed by atoms with Crippen LogP contribution >= 0.6 is 15.9 Å². The van der Waals surface area contributed by atoms with E-state index in [2.05, 4.69) is 21.2 Å². The summed E-state index contributed by atoms with van der Waals surface area (Å²) < 4.78 is 18.1. The number of nitriles is 1. The summed E-state index contributed by atoms with van der Waals surface area (Å²) >= 11 is 3.04. The van der Waals surface area contributed by atoms with Crippen molar-refractivity contribution in [2.45, 2.75) is 0 Å². The number of benzene rings is 1. The zero-order chi connectivity index (χ0) is 14.3. The molecule has 4 nitrogen and oxygen atoms in total. The fourth-order valence-electron chi connectivity index (χ4n) is 1.28. The molecular formula is C13H12BrFN2O2. The molecule has 19 heavy (non-hydrogen) atoms. The van der Waals surface area contributed by atoms with E-state index in [-0.39, 0.29) is 10.0 Å². The van der Waals surface area contributed by atoms with Gasteiger partial charge in [0.15, 0.2) is 0 Å². The Hall–Kier alpha value is -1.71.